The molecule has 0 saturated carbocycles. The second-order valence-electron chi connectivity index (χ2n) is 3.60. The van der Waals surface area contributed by atoms with Crippen LogP contribution in [0.25, 0.3) is 0 Å². The molecule has 0 aromatic heterocycles. The van der Waals surface area contributed by atoms with Gasteiger partial charge in [0.05, 0.1) is 6.04 Å². The van der Waals surface area contributed by atoms with Crippen molar-refractivity contribution in [2.75, 3.05) is 6.61 Å². The van der Waals surface area contributed by atoms with Crippen LogP contribution in [0.3, 0.4) is 0 Å². The molecule has 0 radical (unpaired) electrons. The lowest BCUT2D eigenvalue weighted by Gasteiger charge is -2.04. The summed E-state index contributed by atoms with van der Waals surface area (Å²) in [6.07, 6.45) is 1.63. The van der Waals surface area contributed by atoms with Gasteiger partial charge >= 0.3 is 0 Å². The van der Waals surface area contributed by atoms with Crippen LogP contribution in [0.15, 0.2) is 29.3 Å². The van der Waals surface area contributed by atoms with Gasteiger partial charge in [-0.15, -0.1) is 0 Å². The molecule has 0 saturated heterocycles. The minimum Gasteiger partial charge on any atom is -0.463 e. The fourth-order valence-corrected chi connectivity index (χ4v) is 1.61. The zero-order chi connectivity index (χ0) is 10.7. The Kier molecular flexibility index (Phi) is 2.85. The maximum atomic E-state index is 12.9. The molecule has 1 aliphatic heterocycles. The van der Waals surface area contributed by atoms with Gasteiger partial charge in [-0.3, -0.25) is 0 Å². The summed E-state index contributed by atoms with van der Waals surface area (Å²) in [5.74, 6) is -0.196. The van der Waals surface area contributed by atoms with Crippen LogP contribution in [-0.4, -0.2) is 18.7 Å². The summed E-state index contributed by atoms with van der Waals surface area (Å²) in [5, 5.41) is 0. The SMILES string of the molecule is NC1=NC(CCc2cccc(F)c2)CO1. The van der Waals surface area contributed by atoms with E-state index in [0.29, 0.717) is 6.61 Å². The Hall–Kier alpha value is -1.58. The summed E-state index contributed by atoms with van der Waals surface area (Å²) in [6, 6.07) is 6.99. The molecule has 0 amide bonds. The second kappa shape index (κ2) is 4.29. The first-order valence-electron chi connectivity index (χ1n) is 4.94. The molecule has 15 heavy (non-hydrogen) atoms. The molecular formula is C11H13FN2O. The topological polar surface area (TPSA) is 47.6 Å². The number of benzene rings is 1. The van der Waals surface area contributed by atoms with Gasteiger partial charge in [-0.25, -0.2) is 9.38 Å². The van der Waals surface area contributed by atoms with Gasteiger partial charge in [0.25, 0.3) is 6.02 Å². The van der Waals surface area contributed by atoms with Crippen molar-refractivity contribution < 1.29 is 9.13 Å². The predicted octanol–water partition coefficient (Wildman–Crippen LogP) is 1.47. The van der Waals surface area contributed by atoms with Gasteiger partial charge in [0, 0.05) is 0 Å². The van der Waals surface area contributed by atoms with E-state index in [4.69, 9.17) is 10.5 Å². The van der Waals surface area contributed by atoms with Crippen molar-refractivity contribution in [1.82, 2.24) is 0 Å². The maximum Gasteiger partial charge on any atom is 0.282 e. The summed E-state index contributed by atoms with van der Waals surface area (Å²) in [4.78, 5) is 4.10. The predicted molar refractivity (Wildman–Crippen MR) is 56.1 cm³/mol. The Morgan fingerprint density at radius 1 is 1.53 bits per heavy atom. The minimum atomic E-state index is -0.196. The molecule has 3 nitrogen and oxygen atoms in total. The highest BCUT2D eigenvalue weighted by atomic mass is 19.1. The van der Waals surface area contributed by atoms with Crippen molar-refractivity contribution in [3.05, 3.63) is 35.6 Å². The van der Waals surface area contributed by atoms with Crippen molar-refractivity contribution in [3.63, 3.8) is 0 Å². The molecule has 0 fully saturated rings. The normalized spacial score (nSPS) is 19.8. The van der Waals surface area contributed by atoms with Crippen LogP contribution in [0.1, 0.15) is 12.0 Å². The Balaban J connectivity index is 1.88. The molecule has 2 rings (SSSR count). The van der Waals surface area contributed by atoms with Crippen LogP contribution >= 0.6 is 0 Å². The molecule has 0 bridgehead atoms. The average molecular weight is 208 g/mol. The van der Waals surface area contributed by atoms with Crippen molar-refractivity contribution in [1.29, 1.82) is 0 Å². The quantitative estimate of drug-likeness (QED) is 0.817. The molecule has 0 spiro atoms. The van der Waals surface area contributed by atoms with Gasteiger partial charge < -0.3 is 10.5 Å². The van der Waals surface area contributed by atoms with E-state index in [9.17, 15) is 4.39 Å². The Morgan fingerprint density at radius 2 is 2.40 bits per heavy atom. The van der Waals surface area contributed by atoms with Crippen molar-refractivity contribution in [3.8, 4) is 0 Å². The Bertz CT molecular complexity index is 379. The van der Waals surface area contributed by atoms with Crippen LogP contribution in [0.2, 0.25) is 0 Å². The fraction of sp³-hybridized carbons (Fsp3) is 0.364. The van der Waals surface area contributed by atoms with Gasteiger partial charge in [-0.2, -0.15) is 0 Å². The summed E-state index contributed by atoms with van der Waals surface area (Å²) in [7, 11) is 0. The van der Waals surface area contributed by atoms with E-state index in [1.807, 2.05) is 6.07 Å². The van der Waals surface area contributed by atoms with Crippen LogP contribution in [0.5, 0.6) is 0 Å². The third-order valence-electron chi connectivity index (χ3n) is 2.39. The highest BCUT2D eigenvalue weighted by molar-refractivity contribution is 5.72. The number of nitrogens with two attached hydrogens (primary N) is 1. The van der Waals surface area contributed by atoms with Crippen LogP contribution in [-0.2, 0) is 11.2 Å². The maximum absolute atomic E-state index is 12.9. The lowest BCUT2D eigenvalue weighted by Crippen LogP contribution is -2.10. The van der Waals surface area contributed by atoms with Crippen LogP contribution in [0.4, 0.5) is 4.39 Å². The van der Waals surface area contributed by atoms with Gasteiger partial charge in [0.2, 0.25) is 0 Å². The van der Waals surface area contributed by atoms with E-state index in [0.717, 1.165) is 18.4 Å². The van der Waals surface area contributed by atoms with E-state index in [1.54, 1.807) is 12.1 Å². The number of aryl methyl sites for hydroxylation is 1. The molecule has 2 N–H and O–H groups in total. The molecule has 80 valence electrons. The third-order valence-corrected chi connectivity index (χ3v) is 2.39. The number of aliphatic imine (C=N–C) groups is 1. The molecule has 4 heteroatoms. The van der Waals surface area contributed by atoms with Gasteiger partial charge in [0.15, 0.2) is 0 Å². The highest BCUT2D eigenvalue weighted by Crippen LogP contribution is 2.12. The van der Waals surface area contributed by atoms with Gasteiger partial charge in [0.1, 0.15) is 12.4 Å². The van der Waals surface area contributed by atoms with Crippen molar-refractivity contribution >= 4 is 6.02 Å². The molecular weight excluding hydrogens is 195 g/mol. The number of nitrogens with zero attached hydrogens (tertiary/aromatic N) is 1. The number of amidine groups is 1. The number of hydrogen-bond donors (Lipinski definition) is 1. The van der Waals surface area contributed by atoms with E-state index in [-0.39, 0.29) is 17.9 Å². The Labute approximate surface area is 87.8 Å². The zero-order valence-electron chi connectivity index (χ0n) is 8.32. The smallest absolute Gasteiger partial charge is 0.282 e. The number of halogens is 1. The molecule has 1 aliphatic rings. The standard InChI is InChI=1S/C11H13FN2O/c12-9-3-1-2-8(6-9)4-5-10-7-15-11(13)14-10/h1-3,6,10H,4-5,7H2,(H2,13,14). The van der Waals surface area contributed by atoms with Crippen molar-refractivity contribution in [2.45, 2.75) is 18.9 Å². The Morgan fingerprint density at radius 3 is 3.07 bits per heavy atom. The van der Waals surface area contributed by atoms with Gasteiger partial charge in [-0.1, -0.05) is 12.1 Å². The number of rotatable bonds is 3. The van der Waals surface area contributed by atoms with E-state index < -0.39 is 0 Å². The molecule has 1 unspecified atom stereocenters. The van der Waals surface area contributed by atoms with Crippen molar-refractivity contribution in [2.24, 2.45) is 10.7 Å². The van der Waals surface area contributed by atoms with E-state index in [2.05, 4.69) is 4.99 Å². The fourth-order valence-electron chi connectivity index (χ4n) is 1.61. The second-order valence-corrected chi connectivity index (χ2v) is 3.60. The largest absolute Gasteiger partial charge is 0.463 e. The molecule has 1 aromatic carbocycles. The summed E-state index contributed by atoms with van der Waals surface area (Å²) < 4.78 is 17.9. The number of ether oxygens (including phenoxy) is 1. The minimum absolute atomic E-state index is 0.119. The lowest BCUT2D eigenvalue weighted by molar-refractivity contribution is 0.308. The summed E-state index contributed by atoms with van der Waals surface area (Å²) in [5.41, 5.74) is 6.37. The molecule has 1 aromatic rings. The molecule has 1 heterocycles. The number of hydrogen-bond acceptors (Lipinski definition) is 3. The first-order valence-corrected chi connectivity index (χ1v) is 4.94. The van der Waals surface area contributed by atoms with Crippen LogP contribution < -0.4 is 5.73 Å². The first kappa shape index (κ1) is 9.96. The van der Waals surface area contributed by atoms with E-state index >= 15 is 0 Å². The van der Waals surface area contributed by atoms with Gasteiger partial charge in [-0.05, 0) is 30.5 Å². The lowest BCUT2D eigenvalue weighted by atomic mass is 10.1. The average Bonchev–Trinajstić information content (AvgIpc) is 2.62. The third kappa shape index (κ3) is 2.68. The molecule has 0 aliphatic carbocycles. The first-order chi connectivity index (χ1) is 7.24. The molecule has 1 atom stereocenters. The summed E-state index contributed by atoms with van der Waals surface area (Å²) in [6.45, 7) is 0.543. The monoisotopic (exact) mass is 208 g/mol. The zero-order valence-corrected chi connectivity index (χ0v) is 8.32. The van der Waals surface area contributed by atoms with E-state index in [1.165, 1.54) is 6.07 Å². The highest BCUT2D eigenvalue weighted by Gasteiger charge is 2.16. The van der Waals surface area contributed by atoms with Crippen LogP contribution in [0, 0.1) is 5.82 Å². The summed E-state index contributed by atoms with van der Waals surface area (Å²) >= 11 is 0.